The molecule has 1 heterocycles. The van der Waals surface area contributed by atoms with Crippen LogP contribution < -0.4 is 0 Å². The van der Waals surface area contributed by atoms with Gasteiger partial charge in [-0.15, -0.1) is 0 Å². The summed E-state index contributed by atoms with van der Waals surface area (Å²) in [7, 11) is 0. The third kappa shape index (κ3) is 4.98. The summed E-state index contributed by atoms with van der Waals surface area (Å²) < 4.78 is 5.93. The highest BCUT2D eigenvalue weighted by molar-refractivity contribution is 4.75. The van der Waals surface area contributed by atoms with Crippen molar-refractivity contribution in [1.29, 1.82) is 0 Å². The van der Waals surface area contributed by atoms with Gasteiger partial charge in [0.2, 0.25) is 0 Å². The van der Waals surface area contributed by atoms with E-state index in [1.807, 2.05) is 0 Å². The molecule has 0 aromatic heterocycles. The van der Waals surface area contributed by atoms with Crippen molar-refractivity contribution in [3.05, 3.63) is 0 Å². The predicted molar refractivity (Wildman–Crippen MR) is 65.1 cm³/mol. The lowest BCUT2D eigenvalue weighted by Crippen LogP contribution is -2.43. The SMILES string of the molecule is CC(C)CCOC1CCCN(C(C)C)C1. The van der Waals surface area contributed by atoms with E-state index < -0.39 is 0 Å². The number of hydrogen-bond donors (Lipinski definition) is 0. The van der Waals surface area contributed by atoms with Gasteiger partial charge in [0.15, 0.2) is 0 Å². The number of hydrogen-bond acceptors (Lipinski definition) is 2. The highest BCUT2D eigenvalue weighted by Crippen LogP contribution is 2.16. The zero-order valence-electron chi connectivity index (χ0n) is 10.8. The molecule has 1 aliphatic heterocycles. The van der Waals surface area contributed by atoms with Gasteiger partial charge in [0.05, 0.1) is 6.10 Å². The van der Waals surface area contributed by atoms with Crippen LogP contribution in [-0.4, -0.2) is 36.7 Å². The van der Waals surface area contributed by atoms with Gasteiger partial charge in [-0.25, -0.2) is 0 Å². The Morgan fingerprint density at radius 1 is 1.27 bits per heavy atom. The Kier molecular flexibility index (Phi) is 5.62. The zero-order valence-corrected chi connectivity index (χ0v) is 10.8. The molecular formula is C13H27NO. The summed E-state index contributed by atoms with van der Waals surface area (Å²) in [4.78, 5) is 2.53. The Labute approximate surface area is 95.0 Å². The molecule has 2 heteroatoms. The van der Waals surface area contributed by atoms with Crippen molar-refractivity contribution in [1.82, 2.24) is 4.90 Å². The fourth-order valence-electron chi connectivity index (χ4n) is 2.04. The standard InChI is InChI=1S/C13H27NO/c1-11(2)7-9-15-13-6-5-8-14(10-13)12(3)4/h11-13H,5-10H2,1-4H3. The molecule has 1 aliphatic rings. The first kappa shape index (κ1) is 13.0. The Morgan fingerprint density at radius 3 is 2.60 bits per heavy atom. The molecule has 0 amide bonds. The minimum absolute atomic E-state index is 0.486. The predicted octanol–water partition coefficient (Wildman–Crippen LogP) is 2.92. The molecule has 1 fully saturated rings. The van der Waals surface area contributed by atoms with Crippen molar-refractivity contribution in [3.63, 3.8) is 0 Å². The number of ether oxygens (including phenoxy) is 1. The minimum atomic E-state index is 0.486. The Hall–Kier alpha value is -0.0800. The van der Waals surface area contributed by atoms with Gasteiger partial charge in [-0.05, 0) is 45.6 Å². The Morgan fingerprint density at radius 2 is 2.00 bits per heavy atom. The first-order valence-corrected chi connectivity index (χ1v) is 6.45. The maximum absolute atomic E-state index is 5.93. The maximum atomic E-state index is 5.93. The van der Waals surface area contributed by atoms with Crippen LogP contribution in [0.25, 0.3) is 0 Å². The summed E-state index contributed by atoms with van der Waals surface area (Å²) in [5.41, 5.74) is 0. The summed E-state index contributed by atoms with van der Waals surface area (Å²) in [6.07, 6.45) is 4.23. The van der Waals surface area contributed by atoms with E-state index in [0.29, 0.717) is 12.1 Å². The van der Waals surface area contributed by atoms with Crippen LogP contribution in [0.15, 0.2) is 0 Å². The van der Waals surface area contributed by atoms with E-state index in [2.05, 4.69) is 32.6 Å². The Balaban J connectivity index is 2.18. The van der Waals surface area contributed by atoms with E-state index >= 15 is 0 Å². The van der Waals surface area contributed by atoms with Gasteiger partial charge in [0.25, 0.3) is 0 Å². The number of rotatable bonds is 5. The molecule has 1 saturated heterocycles. The van der Waals surface area contributed by atoms with Gasteiger partial charge in [-0.2, -0.15) is 0 Å². The largest absolute Gasteiger partial charge is 0.377 e. The van der Waals surface area contributed by atoms with Crippen molar-refractivity contribution < 1.29 is 4.74 Å². The zero-order chi connectivity index (χ0) is 11.3. The molecule has 0 aromatic carbocycles. The fourth-order valence-corrected chi connectivity index (χ4v) is 2.04. The van der Waals surface area contributed by atoms with Gasteiger partial charge in [-0.3, -0.25) is 4.90 Å². The van der Waals surface area contributed by atoms with E-state index in [4.69, 9.17) is 4.74 Å². The molecule has 1 atom stereocenters. The average Bonchev–Trinajstić information content (AvgIpc) is 2.17. The second-order valence-electron chi connectivity index (χ2n) is 5.41. The highest BCUT2D eigenvalue weighted by atomic mass is 16.5. The lowest BCUT2D eigenvalue weighted by atomic mass is 10.1. The third-order valence-electron chi connectivity index (χ3n) is 3.19. The molecule has 1 rings (SSSR count). The maximum Gasteiger partial charge on any atom is 0.0702 e. The number of nitrogens with zero attached hydrogens (tertiary/aromatic N) is 1. The van der Waals surface area contributed by atoms with Crippen molar-refractivity contribution >= 4 is 0 Å². The molecule has 0 spiro atoms. The normalized spacial score (nSPS) is 24.0. The van der Waals surface area contributed by atoms with Gasteiger partial charge in [-0.1, -0.05) is 13.8 Å². The summed E-state index contributed by atoms with van der Waals surface area (Å²) in [5, 5.41) is 0. The van der Waals surface area contributed by atoms with Gasteiger partial charge < -0.3 is 4.74 Å². The first-order valence-electron chi connectivity index (χ1n) is 6.45. The van der Waals surface area contributed by atoms with E-state index in [0.717, 1.165) is 19.1 Å². The quantitative estimate of drug-likeness (QED) is 0.696. The van der Waals surface area contributed by atoms with Crippen LogP contribution in [0.2, 0.25) is 0 Å². The minimum Gasteiger partial charge on any atom is -0.377 e. The smallest absolute Gasteiger partial charge is 0.0702 e. The van der Waals surface area contributed by atoms with E-state index in [1.165, 1.54) is 25.8 Å². The van der Waals surface area contributed by atoms with Crippen LogP contribution in [0.3, 0.4) is 0 Å². The second kappa shape index (κ2) is 6.49. The van der Waals surface area contributed by atoms with Gasteiger partial charge in [0, 0.05) is 19.2 Å². The van der Waals surface area contributed by atoms with Crippen LogP contribution in [0.4, 0.5) is 0 Å². The van der Waals surface area contributed by atoms with Crippen LogP contribution in [0.1, 0.15) is 47.0 Å². The molecule has 90 valence electrons. The number of likely N-dealkylation sites (tertiary alicyclic amines) is 1. The van der Waals surface area contributed by atoms with Gasteiger partial charge >= 0.3 is 0 Å². The average molecular weight is 213 g/mol. The molecule has 0 radical (unpaired) electrons. The summed E-state index contributed by atoms with van der Waals surface area (Å²) in [6.45, 7) is 12.4. The fraction of sp³-hybridized carbons (Fsp3) is 1.00. The van der Waals surface area contributed by atoms with Crippen molar-refractivity contribution in [2.24, 2.45) is 5.92 Å². The summed E-state index contributed by atoms with van der Waals surface area (Å²) in [5.74, 6) is 0.759. The summed E-state index contributed by atoms with van der Waals surface area (Å²) >= 11 is 0. The van der Waals surface area contributed by atoms with Crippen molar-refractivity contribution in [2.75, 3.05) is 19.7 Å². The lowest BCUT2D eigenvalue weighted by Gasteiger charge is -2.35. The van der Waals surface area contributed by atoms with E-state index in [-0.39, 0.29) is 0 Å². The molecule has 0 bridgehead atoms. The van der Waals surface area contributed by atoms with E-state index in [1.54, 1.807) is 0 Å². The molecule has 0 aliphatic carbocycles. The van der Waals surface area contributed by atoms with E-state index in [9.17, 15) is 0 Å². The first-order chi connectivity index (χ1) is 7.09. The monoisotopic (exact) mass is 213 g/mol. The molecule has 0 aromatic rings. The number of piperidine rings is 1. The van der Waals surface area contributed by atoms with Crippen LogP contribution in [-0.2, 0) is 4.74 Å². The highest BCUT2D eigenvalue weighted by Gasteiger charge is 2.21. The van der Waals surface area contributed by atoms with Gasteiger partial charge in [0.1, 0.15) is 0 Å². The third-order valence-corrected chi connectivity index (χ3v) is 3.19. The van der Waals surface area contributed by atoms with Crippen LogP contribution in [0.5, 0.6) is 0 Å². The molecule has 2 nitrogen and oxygen atoms in total. The molecule has 0 N–H and O–H groups in total. The molecule has 0 saturated carbocycles. The molecular weight excluding hydrogens is 186 g/mol. The van der Waals surface area contributed by atoms with Crippen molar-refractivity contribution in [2.45, 2.75) is 59.1 Å². The lowest BCUT2D eigenvalue weighted by molar-refractivity contribution is -0.0122. The van der Waals surface area contributed by atoms with Crippen molar-refractivity contribution in [3.8, 4) is 0 Å². The Bertz CT molecular complexity index is 168. The second-order valence-corrected chi connectivity index (χ2v) is 5.41. The van der Waals surface area contributed by atoms with Crippen LogP contribution in [0, 0.1) is 5.92 Å². The topological polar surface area (TPSA) is 12.5 Å². The summed E-state index contributed by atoms with van der Waals surface area (Å²) in [6, 6.07) is 0.668. The molecule has 15 heavy (non-hydrogen) atoms. The van der Waals surface area contributed by atoms with Crippen LogP contribution >= 0.6 is 0 Å². The molecule has 1 unspecified atom stereocenters.